The van der Waals surface area contributed by atoms with Gasteiger partial charge in [-0.2, -0.15) is 0 Å². The molecule has 2 fully saturated rings. The Bertz CT molecular complexity index is 822. The number of nitrogens with zero attached hydrogens (tertiary/aromatic N) is 2. The van der Waals surface area contributed by atoms with Crippen molar-refractivity contribution in [3.8, 4) is 0 Å². The zero-order chi connectivity index (χ0) is 18.4. The summed E-state index contributed by atoms with van der Waals surface area (Å²) in [7, 11) is -3.44. The number of likely N-dealkylation sites (tertiary alicyclic amines) is 1. The maximum atomic E-state index is 12.8. The molecule has 0 unspecified atom stereocenters. The molecule has 0 aromatic heterocycles. The van der Waals surface area contributed by atoms with Crippen LogP contribution in [-0.2, 0) is 14.8 Å². The molecule has 25 heavy (non-hydrogen) atoms. The summed E-state index contributed by atoms with van der Waals surface area (Å²) in [6, 6.07) is 7.19. The lowest BCUT2D eigenvalue weighted by Gasteiger charge is -2.25. The van der Waals surface area contributed by atoms with Gasteiger partial charge in [-0.05, 0) is 25.5 Å². The van der Waals surface area contributed by atoms with E-state index in [0.717, 1.165) is 5.56 Å². The molecule has 1 aromatic carbocycles. The molecular formula is C17H22N2O5S. The molecule has 8 heteroatoms. The number of aryl methyl sites for hydroxylation is 1. The SMILES string of the molecule is CCS(=O)(=O)N1C[C@@H]2CN(C(=O)c3ccccc3C)C[C@]2(C(=O)O)C1. The third-order valence-corrected chi connectivity index (χ3v) is 7.22. The Morgan fingerprint density at radius 3 is 2.48 bits per heavy atom. The maximum Gasteiger partial charge on any atom is 0.313 e. The number of carboxylic acids is 1. The van der Waals surface area contributed by atoms with Crippen LogP contribution in [0.25, 0.3) is 0 Å². The third-order valence-electron chi connectivity index (χ3n) is 5.42. The van der Waals surface area contributed by atoms with Gasteiger partial charge >= 0.3 is 5.97 Å². The number of fused-ring (bicyclic) bond motifs is 1. The van der Waals surface area contributed by atoms with Crippen LogP contribution in [0.5, 0.6) is 0 Å². The lowest BCUT2D eigenvalue weighted by Crippen LogP contribution is -2.43. The zero-order valence-electron chi connectivity index (χ0n) is 14.3. The molecule has 0 saturated carbocycles. The van der Waals surface area contributed by atoms with E-state index >= 15 is 0 Å². The smallest absolute Gasteiger partial charge is 0.313 e. The van der Waals surface area contributed by atoms with Crippen LogP contribution >= 0.6 is 0 Å². The Morgan fingerprint density at radius 2 is 1.92 bits per heavy atom. The molecule has 2 aliphatic rings. The highest BCUT2D eigenvalue weighted by atomic mass is 32.2. The summed E-state index contributed by atoms with van der Waals surface area (Å²) in [5.41, 5.74) is 0.172. The number of benzene rings is 1. The van der Waals surface area contributed by atoms with Crippen LogP contribution in [0.4, 0.5) is 0 Å². The van der Waals surface area contributed by atoms with Crippen LogP contribution in [-0.4, -0.2) is 66.5 Å². The van der Waals surface area contributed by atoms with Crippen LogP contribution < -0.4 is 0 Å². The van der Waals surface area contributed by atoms with Gasteiger partial charge < -0.3 is 10.0 Å². The molecule has 0 aliphatic carbocycles. The van der Waals surface area contributed by atoms with Crippen LogP contribution in [0.1, 0.15) is 22.8 Å². The number of amides is 1. The van der Waals surface area contributed by atoms with Gasteiger partial charge in [-0.3, -0.25) is 9.59 Å². The van der Waals surface area contributed by atoms with E-state index in [9.17, 15) is 23.1 Å². The molecule has 0 bridgehead atoms. The largest absolute Gasteiger partial charge is 0.481 e. The number of hydrogen-bond donors (Lipinski definition) is 1. The second-order valence-electron chi connectivity index (χ2n) is 6.85. The first-order valence-electron chi connectivity index (χ1n) is 8.27. The summed E-state index contributed by atoms with van der Waals surface area (Å²) >= 11 is 0. The topological polar surface area (TPSA) is 95.0 Å². The number of carbonyl (C=O) groups is 2. The van der Waals surface area contributed by atoms with Gasteiger partial charge in [-0.15, -0.1) is 0 Å². The number of sulfonamides is 1. The van der Waals surface area contributed by atoms with Crippen molar-refractivity contribution in [1.82, 2.24) is 9.21 Å². The van der Waals surface area contributed by atoms with E-state index in [1.807, 2.05) is 19.1 Å². The van der Waals surface area contributed by atoms with Crippen molar-refractivity contribution < 1.29 is 23.1 Å². The van der Waals surface area contributed by atoms with Crippen LogP contribution in [0.15, 0.2) is 24.3 Å². The molecule has 2 atom stereocenters. The molecule has 2 heterocycles. The molecule has 1 aromatic rings. The summed E-state index contributed by atoms with van der Waals surface area (Å²) < 4.78 is 25.5. The first-order chi connectivity index (χ1) is 11.7. The minimum Gasteiger partial charge on any atom is -0.481 e. The van der Waals surface area contributed by atoms with Crippen molar-refractivity contribution in [3.63, 3.8) is 0 Å². The van der Waals surface area contributed by atoms with Gasteiger partial charge in [0.25, 0.3) is 5.91 Å². The fourth-order valence-corrected chi connectivity index (χ4v) is 5.05. The van der Waals surface area contributed by atoms with Gasteiger partial charge in [0, 0.05) is 37.7 Å². The summed E-state index contributed by atoms with van der Waals surface area (Å²) in [5, 5.41) is 9.80. The van der Waals surface area contributed by atoms with Crippen molar-refractivity contribution in [2.45, 2.75) is 13.8 Å². The highest BCUT2D eigenvalue weighted by Crippen LogP contribution is 2.44. The number of aliphatic carboxylic acids is 1. The van der Waals surface area contributed by atoms with Gasteiger partial charge in [0.2, 0.25) is 10.0 Å². The fraction of sp³-hybridized carbons (Fsp3) is 0.529. The molecule has 136 valence electrons. The Kier molecular flexibility index (Phi) is 4.36. The molecular weight excluding hydrogens is 344 g/mol. The summed E-state index contributed by atoms with van der Waals surface area (Å²) in [4.78, 5) is 26.3. The summed E-state index contributed by atoms with van der Waals surface area (Å²) in [6.07, 6.45) is 0. The number of carboxylic acid groups (broad SMARTS) is 1. The molecule has 2 aliphatic heterocycles. The van der Waals surface area contributed by atoms with E-state index < -0.39 is 21.4 Å². The minimum atomic E-state index is -3.44. The lowest BCUT2D eigenvalue weighted by molar-refractivity contribution is -0.148. The molecule has 1 N–H and O–H groups in total. The first kappa shape index (κ1) is 17.9. The van der Waals surface area contributed by atoms with Crippen molar-refractivity contribution in [2.24, 2.45) is 11.3 Å². The maximum absolute atomic E-state index is 12.8. The molecule has 3 rings (SSSR count). The first-order valence-corrected chi connectivity index (χ1v) is 9.88. The Hall–Kier alpha value is -1.93. The Labute approximate surface area is 147 Å². The predicted molar refractivity (Wildman–Crippen MR) is 91.7 cm³/mol. The summed E-state index contributed by atoms with van der Waals surface area (Å²) in [6.45, 7) is 3.77. The highest BCUT2D eigenvalue weighted by molar-refractivity contribution is 7.89. The van der Waals surface area contributed by atoms with Crippen molar-refractivity contribution in [3.05, 3.63) is 35.4 Å². The minimum absolute atomic E-state index is 0.0376. The second kappa shape index (κ2) is 6.10. The number of rotatable bonds is 4. The molecule has 7 nitrogen and oxygen atoms in total. The van der Waals surface area contributed by atoms with E-state index in [0.29, 0.717) is 5.56 Å². The van der Waals surface area contributed by atoms with Gasteiger partial charge in [0.05, 0.1) is 5.75 Å². The van der Waals surface area contributed by atoms with Gasteiger partial charge in [-0.1, -0.05) is 18.2 Å². The fourth-order valence-electron chi connectivity index (χ4n) is 3.85. The standard InChI is InChI=1S/C17H22N2O5S/c1-3-25(23,24)19-9-13-8-18(10-17(13,11-19)16(21)22)15(20)14-7-5-4-6-12(14)2/h4-7,13H,3,8-11H2,1-2H3,(H,21,22)/t13-,17-/m0/s1. The number of carbonyl (C=O) groups excluding carboxylic acids is 1. The lowest BCUT2D eigenvalue weighted by atomic mass is 9.81. The van der Waals surface area contributed by atoms with Crippen molar-refractivity contribution in [1.29, 1.82) is 0 Å². The van der Waals surface area contributed by atoms with Crippen LogP contribution in [0, 0.1) is 18.3 Å². The van der Waals surface area contributed by atoms with E-state index in [4.69, 9.17) is 0 Å². The van der Waals surface area contributed by atoms with E-state index in [1.54, 1.807) is 24.0 Å². The zero-order valence-corrected chi connectivity index (χ0v) is 15.1. The van der Waals surface area contributed by atoms with Gasteiger partial charge in [0.15, 0.2) is 0 Å². The average molecular weight is 366 g/mol. The summed E-state index contributed by atoms with van der Waals surface area (Å²) in [5.74, 6) is -1.68. The van der Waals surface area contributed by atoms with Gasteiger partial charge in [0.1, 0.15) is 5.41 Å². The second-order valence-corrected chi connectivity index (χ2v) is 9.11. The Morgan fingerprint density at radius 1 is 1.24 bits per heavy atom. The third kappa shape index (κ3) is 2.83. The van der Waals surface area contributed by atoms with E-state index in [1.165, 1.54) is 4.31 Å². The normalized spacial score (nSPS) is 26.6. The van der Waals surface area contributed by atoms with Crippen LogP contribution in [0.2, 0.25) is 0 Å². The molecule has 0 radical (unpaired) electrons. The van der Waals surface area contributed by atoms with Crippen LogP contribution in [0.3, 0.4) is 0 Å². The van der Waals surface area contributed by atoms with E-state index in [-0.39, 0.29) is 43.8 Å². The number of hydrogen-bond acceptors (Lipinski definition) is 4. The molecule has 1 amide bonds. The monoisotopic (exact) mass is 366 g/mol. The Balaban J connectivity index is 1.87. The van der Waals surface area contributed by atoms with E-state index in [2.05, 4.69) is 0 Å². The van der Waals surface area contributed by atoms with Gasteiger partial charge in [-0.25, -0.2) is 12.7 Å². The quantitative estimate of drug-likeness (QED) is 0.851. The van der Waals surface area contributed by atoms with Crippen molar-refractivity contribution in [2.75, 3.05) is 31.9 Å². The molecule has 2 saturated heterocycles. The average Bonchev–Trinajstić information content (AvgIpc) is 3.10. The molecule has 0 spiro atoms. The van der Waals surface area contributed by atoms with Crippen molar-refractivity contribution >= 4 is 21.9 Å². The predicted octanol–water partition coefficient (Wildman–Crippen LogP) is 0.803. The highest BCUT2D eigenvalue weighted by Gasteiger charge is 2.60.